The maximum Gasteiger partial charge on any atom is 0.292 e. The third-order valence-corrected chi connectivity index (χ3v) is 4.27. The first-order valence-corrected chi connectivity index (χ1v) is 8.77. The zero-order chi connectivity index (χ0) is 19.1. The van der Waals surface area contributed by atoms with Gasteiger partial charge in [-0.2, -0.15) is 0 Å². The van der Waals surface area contributed by atoms with Gasteiger partial charge in [-0.05, 0) is 29.5 Å². The maximum absolute atomic E-state index is 12.2. The SMILES string of the molecule is CCc1ccc([C@@H](NCC(=O)Nc2ccccc2[N+](=O)[O-])C(C)C)cc1. The fraction of sp³-hybridized carbons (Fsp3) is 0.350. The molecule has 0 saturated carbocycles. The van der Waals surface area contributed by atoms with Gasteiger partial charge < -0.3 is 10.6 Å². The average molecular weight is 355 g/mol. The number of nitrogens with one attached hydrogen (secondary N) is 2. The minimum absolute atomic E-state index is 0.0254. The average Bonchev–Trinajstić information content (AvgIpc) is 2.62. The quantitative estimate of drug-likeness (QED) is 0.552. The van der Waals surface area contributed by atoms with E-state index in [0.29, 0.717) is 5.92 Å². The summed E-state index contributed by atoms with van der Waals surface area (Å²) in [7, 11) is 0. The monoisotopic (exact) mass is 355 g/mol. The number of carbonyl (C=O) groups is 1. The zero-order valence-corrected chi connectivity index (χ0v) is 15.4. The Bertz CT molecular complexity index is 757. The van der Waals surface area contributed by atoms with Gasteiger partial charge in [0.2, 0.25) is 5.91 Å². The van der Waals surface area contributed by atoms with Gasteiger partial charge in [0.05, 0.1) is 11.5 Å². The number of anilines is 1. The van der Waals surface area contributed by atoms with Crippen LogP contribution in [-0.2, 0) is 11.2 Å². The Labute approximate surface area is 153 Å². The molecule has 0 aliphatic carbocycles. The predicted octanol–water partition coefficient (Wildman–Crippen LogP) is 4.08. The number of benzene rings is 2. The van der Waals surface area contributed by atoms with Crippen LogP contribution in [0.4, 0.5) is 11.4 Å². The first-order valence-electron chi connectivity index (χ1n) is 8.77. The second-order valence-electron chi connectivity index (χ2n) is 6.52. The van der Waals surface area contributed by atoms with Crippen molar-refractivity contribution in [2.45, 2.75) is 33.2 Å². The molecule has 0 fully saturated rings. The number of hydrogen-bond acceptors (Lipinski definition) is 4. The van der Waals surface area contributed by atoms with Crippen molar-refractivity contribution in [3.05, 3.63) is 69.8 Å². The Balaban J connectivity index is 2.02. The van der Waals surface area contributed by atoms with Gasteiger partial charge in [-0.1, -0.05) is 57.2 Å². The lowest BCUT2D eigenvalue weighted by molar-refractivity contribution is -0.383. The van der Waals surface area contributed by atoms with E-state index in [0.717, 1.165) is 12.0 Å². The number of nitro benzene ring substituents is 1. The number of hydrogen-bond donors (Lipinski definition) is 2. The summed E-state index contributed by atoms with van der Waals surface area (Å²) in [6.07, 6.45) is 0.984. The summed E-state index contributed by atoms with van der Waals surface area (Å²) >= 11 is 0. The maximum atomic E-state index is 12.2. The third-order valence-electron chi connectivity index (χ3n) is 4.27. The van der Waals surface area contributed by atoms with E-state index < -0.39 is 4.92 Å². The minimum atomic E-state index is -0.505. The third kappa shape index (κ3) is 5.13. The summed E-state index contributed by atoms with van der Waals surface area (Å²) in [6, 6.07) is 14.5. The molecule has 0 radical (unpaired) electrons. The Hall–Kier alpha value is -2.73. The molecule has 6 nitrogen and oxygen atoms in total. The van der Waals surface area contributed by atoms with E-state index in [9.17, 15) is 14.9 Å². The highest BCUT2D eigenvalue weighted by Gasteiger charge is 2.18. The number of nitrogens with zero attached hydrogens (tertiary/aromatic N) is 1. The topological polar surface area (TPSA) is 84.3 Å². The van der Waals surface area contributed by atoms with Crippen LogP contribution < -0.4 is 10.6 Å². The highest BCUT2D eigenvalue weighted by Crippen LogP contribution is 2.24. The van der Waals surface area contributed by atoms with Crippen molar-refractivity contribution >= 4 is 17.3 Å². The Morgan fingerprint density at radius 1 is 1.12 bits per heavy atom. The molecule has 2 rings (SSSR count). The zero-order valence-electron chi connectivity index (χ0n) is 15.4. The van der Waals surface area contributed by atoms with Gasteiger partial charge in [0.1, 0.15) is 5.69 Å². The van der Waals surface area contributed by atoms with E-state index in [1.807, 2.05) is 0 Å². The number of para-hydroxylation sites is 2. The first kappa shape index (κ1) is 19.6. The normalized spacial score (nSPS) is 12.0. The summed E-state index contributed by atoms with van der Waals surface area (Å²) < 4.78 is 0. The van der Waals surface area contributed by atoms with Crippen LogP contribution in [0.1, 0.15) is 37.9 Å². The van der Waals surface area contributed by atoms with E-state index in [2.05, 4.69) is 55.7 Å². The lowest BCUT2D eigenvalue weighted by Gasteiger charge is -2.23. The van der Waals surface area contributed by atoms with Crippen molar-refractivity contribution in [1.82, 2.24) is 5.32 Å². The van der Waals surface area contributed by atoms with Crippen LogP contribution in [0.3, 0.4) is 0 Å². The molecule has 0 spiro atoms. The molecule has 0 aliphatic rings. The molecule has 26 heavy (non-hydrogen) atoms. The van der Waals surface area contributed by atoms with E-state index in [-0.39, 0.29) is 29.9 Å². The molecular weight excluding hydrogens is 330 g/mol. The Morgan fingerprint density at radius 3 is 2.35 bits per heavy atom. The van der Waals surface area contributed by atoms with Crippen molar-refractivity contribution in [2.24, 2.45) is 5.92 Å². The van der Waals surface area contributed by atoms with Gasteiger partial charge in [0.15, 0.2) is 0 Å². The van der Waals surface area contributed by atoms with E-state index in [1.165, 1.54) is 17.7 Å². The number of aryl methyl sites for hydroxylation is 1. The van der Waals surface area contributed by atoms with Crippen molar-refractivity contribution < 1.29 is 9.72 Å². The van der Waals surface area contributed by atoms with Crippen LogP contribution in [0.5, 0.6) is 0 Å². The van der Waals surface area contributed by atoms with Crippen LogP contribution in [0.15, 0.2) is 48.5 Å². The molecule has 0 heterocycles. The number of nitro groups is 1. The van der Waals surface area contributed by atoms with E-state index >= 15 is 0 Å². The molecule has 2 aromatic rings. The van der Waals surface area contributed by atoms with Crippen LogP contribution in [0, 0.1) is 16.0 Å². The summed E-state index contributed by atoms with van der Waals surface area (Å²) in [4.78, 5) is 22.8. The molecule has 0 saturated heterocycles. The van der Waals surface area contributed by atoms with Crippen LogP contribution >= 0.6 is 0 Å². The summed E-state index contributed by atoms with van der Waals surface area (Å²) in [5.74, 6) is -0.0172. The van der Waals surface area contributed by atoms with E-state index in [4.69, 9.17) is 0 Å². The fourth-order valence-electron chi connectivity index (χ4n) is 2.83. The van der Waals surface area contributed by atoms with E-state index in [1.54, 1.807) is 12.1 Å². The van der Waals surface area contributed by atoms with Crippen LogP contribution in [-0.4, -0.2) is 17.4 Å². The Morgan fingerprint density at radius 2 is 1.77 bits per heavy atom. The van der Waals surface area contributed by atoms with Gasteiger partial charge in [-0.3, -0.25) is 14.9 Å². The highest BCUT2D eigenvalue weighted by molar-refractivity contribution is 5.94. The number of carbonyl (C=O) groups excluding carboxylic acids is 1. The van der Waals surface area contributed by atoms with Crippen molar-refractivity contribution in [1.29, 1.82) is 0 Å². The largest absolute Gasteiger partial charge is 0.319 e. The van der Waals surface area contributed by atoms with Gasteiger partial charge in [-0.15, -0.1) is 0 Å². The van der Waals surface area contributed by atoms with Crippen LogP contribution in [0.2, 0.25) is 0 Å². The first-order chi connectivity index (χ1) is 12.4. The fourth-order valence-corrected chi connectivity index (χ4v) is 2.83. The van der Waals surface area contributed by atoms with Crippen molar-refractivity contribution in [2.75, 3.05) is 11.9 Å². The van der Waals surface area contributed by atoms with Crippen molar-refractivity contribution in [3.8, 4) is 0 Å². The molecule has 1 atom stereocenters. The highest BCUT2D eigenvalue weighted by atomic mass is 16.6. The molecule has 0 aromatic heterocycles. The summed E-state index contributed by atoms with van der Waals surface area (Å²) in [5, 5.41) is 16.9. The summed E-state index contributed by atoms with van der Waals surface area (Å²) in [5.41, 5.74) is 2.48. The molecule has 6 heteroatoms. The number of rotatable bonds is 8. The molecule has 2 aromatic carbocycles. The minimum Gasteiger partial charge on any atom is -0.319 e. The lowest BCUT2D eigenvalue weighted by Crippen LogP contribution is -2.33. The molecule has 0 unspecified atom stereocenters. The van der Waals surface area contributed by atoms with Gasteiger partial charge >= 0.3 is 0 Å². The summed E-state index contributed by atoms with van der Waals surface area (Å²) in [6.45, 7) is 6.36. The second-order valence-corrected chi connectivity index (χ2v) is 6.52. The van der Waals surface area contributed by atoms with Gasteiger partial charge in [0, 0.05) is 12.1 Å². The molecular formula is C20H25N3O3. The second kappa shape index (κ2) is 9.10. The van der Waals surface area contributed by atoms with Gasteiger partial charge in [0.25, 0.3) is 5.69 Å². The number of amides is 1. The Kier molecular flexibility index (Phi) is 6.86. The lowest BCUT2D eigenvalue weighted by atomic mass is 9.95. The molecule has 138 valence electrons. The molecule has 1 amide bonds. The molecule has 0 bridgehead atoms. The molecule has 2 N–H and O–H groups in total. The predicted molar refractivity (Wildman–Crippen MR) is 103 cm³/mol. The van der Waals surface area contributed by atoms with Crippen LogP contribution in [0.25, 0.3) is 0 Å². The van der Waals surface area contributed by atoms with Crippen molar-refractivity contribution in [3.63, 3.8) is 0 Å². The standard InChI is InChI=1S/C20H25N3O3/c1-4-15-9-11-16(12-10-15)20(14(2)3)21-13-19(24)22-17-7-5-6-8-18(17)23(25)26/h5-12,14,20-21H,4,13H2,1-3H3,(H,22,24)/t20-/m0/s1. The van der Waals surface area contributed by atoms with Gasteiger partial charge in [-0.25, -0.2) is 0 Å². The smallest absolute Gasteiger partial charge is 0.292 e. The molecule has 0 aliphatic heterocycles.